The van der Waals surface area contributed by atoms with Crippen molar-refractivity contribution in [2.45, 2.75) is 40.0 Å². The zero-order valence-corrected chi connectivity index (χ0v) is 11.4. The van der Waals surface area contributed by atoms with E-state index in [1.54, 1.807) is 0 Å². The smallest absolute Gasteiger partial charge is 0.0472 e. The van der Waals surface area contributed by atoms with Gasteiger partial charge in [0.1, 0.15) is 0 Å². The Hall–Kier alpha value is -1.44. The Balaban J connectivity index is 3.42. The number of hydrogen-bond donors (Lipinski definition) is 2. The third kappa shape index (κ3) is 2.82. The Morgan fingerprint density at radius 3 is 2.47 bits per heavy atom. The topological polar surface area (TPSA) is 38.0 Å². The number of nitrogens with two attached hydrogens (primary N) is 1. The van der Waals surface area contributed by atoms with Gasteiger partial charge in [0.2, 0.25) is 0 Å². The van der Waals surface area contributed by atoms with Crippen LogP contribution in [0.15, 0.2) is 18.7 Å². The average molecular weight is 232 g/mol. The summed E-state index contributed by atoms with van der Waals surface area (Å²) in [5.41, 5.74) is 11.6. The molecular weight excluding hydrogens is 208 g/mol. The van der Waals surface area contributed by atoms with E-state index in [1.807, 2.05) is 6.07 Å². The summed E-state index contributed by atoms with van der Waals surface area (Å²) in [7, 11) is 0. The molecule has 0 fully saturated rings. The van der Waals surface area contributed by atoms with Crippen LogP contribution in [-0.2, 0) is 0 Å². The highest BCUT2D eigenvalue weighted by atomic mass is 14.9. The van der Waals surface area contributed by atoms with Gasteiger partial charge in [0.15, 0.2) is 0 Å². The number of rotatable bonds is 5. The predicted molar refractivity (Wildman–Crippen MR) is 78.4 cm³/mol. The molecule has 0 bridgehead atoms. The minimum absolute atomic E-state index is 0.480. The zero-order chi connectivity index (χ0) is 13.0. The Labute approximate surface area is 105 Å². The van der Waals surface area contributed by atoms with Crippen molar-refractivity contribution in [2.75, 3.05) is 17.6 Å². The molecule has 0 heterocycles. The molecule has 94 valence electrons. The van der Waals surface area contributed by atoms with Crippen molar-refractivity contribution < 1.29 is 0 Å². The summed E-state index contributed by atoms with van der Waals surface area (Å²) in [4.78, 5) is 0. The van der Waals surface area contributed by atoms with Gasteiger partial charge in [-0.15, -0.1) is 0 Å². The molecule has 0 aromatic heterocycles. The first-order chi connectivity index (χ1) is 8.02. The van der Waals surface area contributed by atoms with Gasteiger partial charge in [0.25, 0.3) is 0 Å². The van der Waals surface area contributed by atoms with Crippen LogP contribution in [0, 0.1) is 0 Å². The maximum Gasteiger partial charge on any atom is 0.0472 e. The van der Waals surface area contributed by atoms with E-state index in [4.69, 9.17) is 5.73 Å². The SMILES string of the molecule is C=C(CC)c1c(N)ccc(C(C)C)c1NCC. The number of anilines is 2. The minimum Gasteiger partial charge on any atom is -0.398 e. The maximum absolute atomic E-state index is 6.10. The van der Waals surface area contributed by atoms with E-state index in [1.165, 1.54) is 5.56 Å². The standard InChI is InChI=1S/C15H24N2/c1-6-11(5)14-13(16)9-8-12(10(3)4)15(14)17-7-2/h8-10,17H,5-7,16H2,1-4H3. The number of hydrogen-bond acceptors (Lipinski definition) is 2. The molecule has 2 heteroatoms. The van der Waals surface area contributed by atoms with Crippen molar-refractivity contribution in [2.24, 2.45) is 0 Å². The van der Waals surface area contributed by atoms with Gasteiger partial charge < -0.3 is 11.1 Å². The second-order valence-corrected chi connectivity index (χ2v) is 4.64. The normalized spacial score (nSPS) is 10.6. The van der Waals surface area contributed by atoms with Gasteiger partial charge in [-0.05, 0) is 36.5 Å². The molecule has 0 aliphatic carbocycles. The van der Waals surface area contributed by atoms with E-state index >= 15 is 0 Å². The molecule has 0 radical (unpaired) electrons. The maximum atomic E-state index is 6.10. The lowest BCUT2D eigenvalue weighted by Crippen LogP contribution is -2.08. The predicted octanol–water partition coefficient (Wildman–Crippen LogP) is 4.25. The van der Waals surface area contributed by atoms with E-state index in [2.05, 4.69) is 45.7 Å². The van der Waals surface area contributed by atoms with E-state index in [9.17, 15) is 0 Å². The van der Waals surface area contributed by atoms with Gasteiger partial charge in [0.05, 0.1) is 0 Å². The van der Waals surface area contributed by atoms with Crippen LogP contribution in [0.3, 0.4) is 0 Å². The first-order valence-electron chi connectivity index (χ1n) is 6.37. The van der Waals surface area contributed by atoms with E-state index < -0.39 is 0 Å². The van der Waals surface area contributed by atoms with Gasteiger partial charge >= 0.3 is 0 Å². The molecule has 0 saturated heterocycles. The summed E-state index contributed by atoms with van der Waals surface area (Å²) >= 11 is 0. The second kappa shape index (κ2) is 5.76. The van der Waals surface area contributed by atoms with Crippen LogP contribution in [0.4, 0.5) is 11.4 Å². The highest BCUT2D eigenvalue weighted by molar-refractivity contribution is 5.85. The number of benzene rings is 1. The van der Waals surface area contributed by atoms with E-state index in [0.717, 1.165) is 35.5 Å². The van der Waals surface area contributed by atoms with Crippen LogP contribution >= 0.6 is 0 Å². The first kappa shape index (κ1) is 13.6. The lowest BCUT2D eigenvalue weighted by atomic mass is 9.92. The molecule has 1 aromatic carbocycles. The summed E-state index contributed by atoms with van der Waals surface area (Å²) < 4.78 is 0. The van der Waals surface area contributed by atoms with Gasteiger partial charge in [-0.2, -0.15) is 0 Å². The third-order valence-electron chi connectivity index (χ3n) is 3.03. The summed E-state index contributed by atoms with van der Waals surface area (Å²) in [5.74, 6) is 0.480. The van der Waals surface area contributed by atoms with Crippen molar-refractivity contribution >= 4 is 16.9 Å². The fourth-order valence-electron chi connectivity index (χ4n) is 2.04. The largest absolute Gasteiger partial charge is 0.398 e. The summed E-state index contributed by atoms with van der Waals surface area (Å²) in [6.45, 7) is 13.6. The third-order valence-corrected chi connectivity index (χ3v) is 3.03. The van der Waals surface area contributed by atoms with Crippen molar-refractivity contribution in [3.8, 4) is 0 Å². The fraction of sp³-hybridized carbons (Fsp3) is 0.467. The molecule has 0 saturated carbocycles. The van der Waals surface area contributed by atoms with Crippen LogP contribution in [0.1, 0.15) is 51.2 Å². The molecule has 2 nitrogen and oxygen atoms in total. The van der Waals surface area contributed by atoms with E-state index in [0.29, 0.717) is 5.92 Å². The van der Waals surface area contributed by atoms with Gasteiger partial charge in [-0.25, -0.2) is 0 Å². The first-order valence-corrected chi connectivity index (χ1v) is 6.37. The molecule has 0 atom stereocenters. The van der Waals surface area contributed by atoms with Gasteiger partial charge in [-0.3, -0.25) is 0 Å². The Morgan fingerprint density at radius 1 is 1.35 bits per heavy atom. The van der Waals surface area contributed by atoms with Crippen molar-refractivity contribution in [1.29, 1.82) is 0 Å². The van der Waals surface area contributed by atoms with Gasteiger partial charge in [-0.1, -0.05) is 33.4 Å². The van der Waals surface area contributed by atoms with E-state index in [-0.39, 0.29) is 0 Å². The molecule has 1 aromatic rings. The van der Waals surface area contributed by atoms with Crippen molar-refractivity contribution in [1.82, 2.24) is 0 Å². The van der Waals surface area contributed by atoms with Crippen molar-refractivity contribution in [3.05, 3.63) is 29.8 Å². The van der Waals surface area contributed by atoms with Crippen LogP contribution in [0.2, 0.25) is 0 Å². The quantitative estimate of drug-likeness (QED) is 0.745. The second-order valence-electron chi connectivity index (χ2n) is 4.64. The molecule has 0 unspecified atom stereocenters. The van der Waals surface area contributed by atoms with Crippen LogP contribution in [0.5, 0.6) is 0 Å². The van der Waals surface area contributed by atoms with Crippen LogP contribution < -0.4 is 11.1 Å². The molecule has 0 spiro atoms. The molecule has 1 rings (SSSR count). The molecule has 0 aliphatic heterocycles. The highest BCUT2D eigenvalue weighted by Crippen LogP contribution is 2.36. The Bertz CT molecular complexity index is 406. The number of allylic oxidation sites excluding steroid dienone is 1. The van der Waals surface area contributed by atoms with Crippen LogP contribution in [0.25, 0.3) is 5.57 Å². The van der Waals surface area contributed by atoms with Crippen molar-refractivity contribution in [3.63, 3.8) is 0 Å². The van der Waals surface area contributed by atoms with Gasteiger partial charge in [0, 0.05) is 23.5 Å². The minimum atomic E-state index is 0.480. The fourth-order valence-corrected chi connectivity index (χ4v) is 2.04. The number of nitrogen functional groups attached to an aromatic ring is 1. The zero-order valence-electron chi connectivity index (χ0n) is 11.4. The molecule has 0 aliphatic rings. The highest BCUT2D eigenvalue weighted by Gasteiger charge is 2.14. The number of nitrogens with one attached hydrogen (secondary N) is 1. The summed E-state index contributed by atoms with van der Waals surface area (Å²) in [6.07, 6.45) is 0.921. The Morgan fingerprint density at radius 2 is 2.00 bits per heavy atom. The average Bonchev–Trinajstić information content (AvgIpc) is 2.28. The lowest BCUT2D eigenvalue weighted by Gasteiger charge is -2.21. The lowest BCUT2D eigenvalue weighted by molar-refractivity contribution is 0.866. The summed E-state index contributed by atoms with van der Waals surface area (Å²) in [6, 6.07) is 4.11. The van der Waals surface area contributed by atoms with Crippen LogP contribution in [-0.4, -0.2) is 6.54 Å². The molecule has 0 amide bonds. The molecular formula is C15H24N2. The monoisotopic (exact) mass is 232 g/mol. The molecule has 3 N–H and O–H groups in total. The molecule has 17 heavy (non-hydrogen) atoms. The Kier molecular flexibility index (Phi) is 4.62. The summed E-state index contributed by atoms with van der Waals surface area (Å²) in [5, 5.41) is 3.44.